The molecule has 27 heavy (non-hydrogen) atoms. The van der Waals surface area contributed by atoms with Gasteiger partial charge in [0.05, 0.1) is 11.9 Å². The summed E-state index contributed by atoms with van der Waals surface area (Å²) in [5, 5.41) is 16.4. The zero-order chi connectivity index (χ0) is 19.4. The van der Waals surface area contributed by atoms with Gasteiger partial charge < -0.3 is 26.0 Å². The SMILES string of the molecule is CCn1cnc2c(NCc3ccccc3N)nc(NCCC(C)(C)O)nc21. The summed E-state index contributed by atoms with van der Waals surface area (Å²) in [7, 11) is 0. The molecule has 0 amide bonds. The van der Waals surface area contributed by atoms with Crippen LogP contribution in [0.5, 0.6) is 0 Å². The van der Waals surface area contributed by atoms with Crippen molar-refractivity contribution in [2.45, 2.75) is 45.9 Å². The first-order valence-electron chi connectivity index (χ1n) is 9.14. The molecule has 0 saturated carbocycles. The summed E-state index contributed by atoms with van der Waals surface area (Å²) < 4.78 is 1.97. The smallest absolute Gasteiger partial charge is 0.226 e. The number of nitrogens with zero attached hydrogens (tertiary/aromatic N) is 4. The number of nitrogens with two attached hydrogens (primary N) is 1. The van der Waals surface area contributed by atoms with E-state index >= 15 is 0 Å². The molecule has 0 fully saturated rings. The Morgan fingerprint density at radius 3 is 2.67 bits per heavy atom. The first kappa shape index (κ1) is 18.9. The van der Waals surface area contributed by atoms with Crippen LogP contribution in [0.4, 0.5) is 17.5 Å². The topological polar surface area (TPSA) is 114 Å². The maximum absolute atomic E-state index is 9.89. The first-order chi connectivity index (χ1) is 12.9. The molecule has 0 saturated heterocycles. The molecule has 3 rings (SSSR count). The molecule has 144 valence electrons. The van der Waals surface area contributed by atoms with Gasteiger partial charge in [-0.2, -0.15) is 9.97 Å². The highest BCUT2D eigenvalue weighted by Crippen LogP contribution is 2.22. The van der Waals surface area contributed by atoms with Gasteiger partial charge >= 0.3 is 0 Å². The number of hydrogen-bond acceptors (Lipinski definition) is 7. The third kappa shape index (κ3) is 4.65. The zero-order valence-corrected chi connectivity index (χ0v) is 16.0. The van der Waals surface area contributed by atoms with Crippen molar-refractivity contribution in [3.63, 3.8) is 0 Å². The van der Waals surface area contributed by atoms with Crippen LogP contribution in [0.1, 0.15) is 32.8 Å². The quantitative estimate of drug-likeness (QED) is 0.451. The lowest BCUT2D eigenvalue weighted by molar-refractivity contribution is 0.0748. The molecular weight excluding hydrogens is 342 g/mol. The summed E-state index contributed by atoms with van der Waals surface area (Å²) in [4.78, 5) is 13.6. The van der Waals surface area contributed by atoms with Crippen molar-refractivity contribution < 1.29 is 5.11 Å². The molecule has 0 aliphatic heterocycles. The van der Waals surface area contributed by atoms with Gasteiger partial charge in [-0.25, -0.2) is 4.98 Å². The Hall–Kier alpha value is -2.87. The van der Waals surface area contributed by atoms with E-state index in [0.29, 0.717) is 31.3 Å². The van der Waals surface area contributed by atoms with Crippen LogP contribution in [0.2, 0.25) is 0 Å². The Balaban J connectivity index is 1.85. The Labute approximate surface area is 158 Å². The number of benzene rings is 1. The van der Waals surface area contributed by atoms with E-state index in [0.717, 1.165) is 29.0 Å². The molecular formula is C19H27N7O. The highest BCUT2D eigenvalue weighted by Gasteiger charge is 2.15. The van der Waals surface area contributed by atoms with E-state index in [-0.39, 0.29) is 0 Å². The minimum Gasteiger partial charge on any atom is -0.398 e. The molecule has 1 aromatic carbocycles. The molecule has 0 spiro atoms. The lowest BCUT2D eigenvalue weighted by Crippen LogP contribution is -2.23. The fraction of sp³-hybridized carbons (Fsp3) is 0.421. The highest BCUT2D eigenvalue weighted by atomic mass is 16.3. The van der Waals surface area contributed by atoms with Crippen LogP contribution in [0.3, 0.4) is 0 Å². The van der Waals surface area contributed by atoms with Gasteiger partial charge in [0.25, 0.3) is 0 Å². The first-order valence-corrected chi connectivity index (χ1v) is 9.14. The van der Waals surface area contributed by atoms with Crippen molar-refractivity contribution in [1.29, 1.82) is 0 Å². The maximum Gasteiger partial charge on any atom is 0.226 e. The summed E-state index contributed by atoms with van der Waals surface area (Å²) in [6.07, 6.45) is 2.35. The van der Waals surface area contributed by atoms with E-state index in [1.807, 2.05) is 35.8 Å². The van der Waals surface area contributed by atoms with Crippen LogP contribution in [-0.2, 0) is 13.1 Å². The fourth-order valence-electron chi connectivity index (χ4n) is 2.73. The van der Waals surface area contributed by atoms with Crippen LogP contribution >= 0.6 is 0 Å². The van der Waals surface area contributed by atoms with Crippen molar-refractivity contribution in [2.24, 2.45) is 0 Å². The van der Waals surface area contributed by atoms with Crippen LogP contribution in [0.25, 0.3) is 11.2 Å². The van der Waals surface area contributed by atoms with Gasteiger partial charge in [-0.05, 0) is 38.8 Å². The van der Waals surface area contributed by atoms with Crippen LogP contribution in [0.15, 0.2) is 30.6 Å². The number of para-hydroxylation sites is 1. The Morgan fingerprint density at radius 1 is 1.19 bits per heavy atom. The minimum absolute atomic E-state index is 0.505. The molecule has 0 radical (unpaired) electrons. The third-order valence-corrected chi connectivity index (χ3v) is 4.33. The van der Waals surface area contributed by atoms with Gasteiger partial charge in [-0.3, -0.25) is 0 Å². The molecule has 8 nitrogen and oxygen atoms in total. The number of fused-ring (bicyclic) bond motifs is 1. The number of imidazole rings is 1. The molecule has 0 unspecified atom stereocenters. The molecule has 8 heteroatoms. The van der Waals surface area contributed by atoms with E-state index in [1.54, 1.807) is 20.2 Å². The van der Waals surface area contributed by atoms with Crippen molar-refractivity contribution in [3.05, 3.63) is 36.2 Å². The van der Waals surface area contributed by atoms with Crippen molar-refractivity contribution in [3.8, 4) is 0 Å². The molecule has 0 atom stereocenters. The summed E-state index contributed by atoms with van der Waals surface area (Å²) in [5.74, 6) is 1.16. The number of rotatable bonds is 8. The van der Waals surface area contributed by atoms with Gasteiger partial charge in [0, 0.05) is 25.3 Å². The fourth-order valence-corrected chi connectivity index (χ4v) is 2.73. The molecule has 2 aromatic heterocycles. The standard InChI is InChI=1S/C19H27N7O/c1-4-26-12-23-15-16(22-11-13-7-5-6-8-14(13)20)24-18(25-17(15)26)21-10-9-19(2,3)27/h5-8,12,27H,4,9-11,20H2,1-3H3,(H2,21,22,24,25). The lowest BCUT2D eigenvalue weighted by atomic mass is 10.1. The monoisotopic (exact) mass is 369 g/mol. The Bertz CT molecular complexity index is 914. The lowest BCUT2D eigenvalue weighted by Gasteiger charge is -2.17. The molecule has 0 aliphatic rings. The van der Waals surface area contributed by atoms with Gasteiger partial charge in [-0.15, -0.1) is 0 Å². The predicted molar refractivity (Wildman–Crippen MR) is 109 cm³/mol. The second-order valence-electron chi connectivity index (χ2n) is 7.14. The van der Waals surface area contributed by atoms with E-state index < -0.39 is 5.60 Å². The highest BCUT2D eigenvalue weighted by molar-refractivity contribution is 5.84. The van der Waals surface area contributed by atoms with E-state index in [9.17, 15) is 5.11 Å². The predicted octanol–water partition coefficient (Wildman–Crippen LogP) is 2.61. The molecule has 0 aliphatic carbocycles. The van der Waals surface area contributed by atoms with Crippen molar-refractivity contribution >= 4 is 28.6 Å². The van der Waals surface area contributed by atoms with Gasteiger partial charge in [0.1, 0.15) is 0 Å². The van der Waals surface area contributed by atoms with Crippen LogP contribution in [0, 0.1) is 0 Å². The average Bonchev–Trinajstić information content (AvgIpc) is 3.03. The average molecular weight is 369 g/mol. The van der Waals surface area contributed by atoms with Crippen molar-refractivity contribution in [1.82, 2.24) is 19.5 Å². The zero-order valence-electron chi connectivity index (χ0n) is 16.0. The second kappa shape index (κ2) is 7.79. The molecule has 3 aromatic rings. The number of aliphatic hydroxyl groups is 1. The van der Waals surface area contributed by atoms with Gasteiger partial charge in [-0.1, -0.05) is 18.2 Å². The number of hydrogen-bond donors (Lipinski definition) is 4. The number of nitrogen functional groups attached to an aromatic ring is 1. The molecule has 5 N–H and O–H groups in total. The molecule has 2 heterocycles. The van der Waals surface area contributed by atoms with E-state index in [1.165, 1.54) is 0 Å². The summed E-state index contributed by atoms with van der Waals surface area (Å²) >= 11 is 0. The number of aryl methyl sites for hydroxylation is 1. The van der Waals surface area contributed by atoms with E-state index in [2.05, 4.69) is 25.6 Å². The summed E-state index contributed by atoms with van der Waals surface area (Å²) in [6, 6.07) is 7.73. The number of anilines is 3. The van der Waals surface area contributed by atoms with Crippen LogP contribution < -0.4 is 16.4 Å². The third-order valence-electron chi connectivity index (χ3n) is 4.33. The van der Waals surface area contributed by atoms with Crippen molar-refractivity contribution in [2.75, 3.05) is 22.9 Å². The Morgan fingerprint density at radius 2 is 1.96 bits per heavy atom. The maximum atomic E-state index is 9.89. The van der Waals surface area contributed by atoms with Gasteiger partial charge in [0.2, 0.25) is 5.95 Å². The minimum atomic E-state index is -0.742. The summed E-state index contributed by atoms with van der Waals surface area (Å²) in [5.41, 5.74) is 8.51. The Kier molecular flexibility index (Phi) is 5.46. The largest absolute Gasteiger partial charge is 0.398 e. The van der Waals surface area contributed by atoms with Crippen LogP contribution in [-0.4, -0.2) is 36.8 Å². The normalized spacial score (nSPS) is 11.7. The second-order valence-corrected chi connectivity index (χ2v) is 7.14. The number of aromatic nitrogens is 4. The van der Waals surface area contributed by atoms with Gasteiger partial charge in [0.15, 0.2) is 17.0 Å². The van der Waals surface area contributed by atoms with E-state index in [4.69, 9.17) is 5.73 Å². The molecule has 0 bridgehead atoms. The number of nitrogens with one attached hydrogen (secondary N) is 2. The summed E-state index contributed by atoms with van der Waals surface area (Å²) in [6.45, 7) is 7.48.